The topological polar surface area (TPSA) is 84.7 Å². The van der Waals surface area contributed by atoms with E-state index in [0.29, 0.717) is 28.0 Å². The fourth-order valence-corrected chi connectivity index (χ4v) is 4.21. The lowest BCUT2D eigenvalue weighted by atomic mass is 9.87. The summed E-state index contributed by atoms with van der Waals surface area (Å²) >= 11 is 7.52. The van der Waals surface area contributed by atoms with Gasteiger partial charge in [0.25, 0.3) is 5.91 Å². The number of aromatic nitrogens is 4. The standard InChI is InChI=1S/C17H17ClN6OS.ClH/c18-13-5-2-1-4-12(13)14-22-23-16(26-14)21-15(25)17(6-9-19-10-7-17)24-11-3-8-20-24;/h1-5,8,11,19H,6-7,9-10H2,(H,21,23,25);1H. The molecular formula is C17H18Cl2N6OS. The Balaban J connectivity index is 0.00000210. The van der Waals surface area contributed by atoms with Gasteiger partial charge in [-0.05, 0) is 38.1 Å². The monoisotopic (exact) mass is 424 g/mol. The van der Waals surface area contributed by atoms with Crippen molar-refractivity contribution in [2.24, 2.45) is 0 Å². The minimum Gasteiger partial charge on any atom is -0.317 e. The van der Waals surface area contributed by atoms with Crippen LogP contribution in [0.3, 0.4) is 0 Å². The maximum atomic E-state index is 13.1. The summed E-state index contributed by atoms with van der Waals surface area (Å²) in [6.45, 7) is 1.52. The molecule has 3 heterocycles. The maximum absolute atomic E-state index is 13.1. The van der Waals surface area contributed by atoms with Crippen LogP contribution in [0.4, 0.5) is 5.13 Å². The predicted octanol–water partition coefficient (Wildman–Crippen LogP) is 3.19. The van der Waals surface area contributed by atoms with Crippen molar-refractivity contribution in [2.45, 2.75) is 18.4 Å². The van der Waals surface area contributed by atoms with Crippen LogP contribution in [0.5, 0.6) is 0 Å². The van der Waals surface area contributed by atoms with Crippen LogP contribution in [0.1, 0.15) is 12.8 Å². The molecule has 1 aliphatic heterocycles. The molecule has 1 aromatic carbocycles. The highest BCUT2D eigenvalue weighted by Crippen LogP contribution is 2.33. The van der Waals surface area contributed by atoms with Crippen molar-refractivity contribution in [1.82, 2.24) is 25.3 Å². The van der Waals surface area contributed by atoms with Gasteiger partial charge in [-0.2, -0.15) is 5.10 Å². The average Bonchev–Trinajstić information content (AvgIpc) is 3.35. The van der Waals surface area contributed by atoms with Crippen LogP contribution in [-0.4, -0.2) is 39.0 Å². The molecule has 0 unspecified atom stereocenters. The molecule has 142 valence electrons. The van der Waals surface area contributed by atoms with Crippen molar-refractivity contribution in [3.63, 3.8) is 0 Å². The molecular weight excluding hydrogens is 407 g/mol. The maximum Gasteiger partial charge on any atom is 0.254 e. The number of carbonyl (C=O) groups is 1. The van der Waals surface area contributed by atoms with E-state index >= 15 is 0 Å². The average molecular weight is 425 g/mol. The predicted molar refractivity (Wildman–Crippen MR) is 109 cm³/mol. The molecule has 27 heavy (non-hydrogen) atoms. The zero-order valence-corrected chi connectivity index (χ0v) is 16.7. The first-order chi connectivity index (χ1) is 12.7. The first-order valence-corrected chi connectivity index (χ1v) is 9.49. The number of piperidine rings is 1. The van der Waals surface area contributed by atoms with Gasteiger partial charge in [-0.25, -0.2) is 0 Å². The van der Waals surface area contributed by atoms with Gasteiger partial charge in [0, 0.05) is 18.0 Å². The Kier molecular flexibility index (Phi) is 6.11. The number of benzene rings is 1. The van der Waals surface area contributed by atoms with Crippen LogP contribution in [0.2, 0.25) is 5.02 Å². The zero-order valence-electron chi connectivity index (χ0n) is 14.3. The van der Waals surface area contributed by atoms with Gasteiger partial charge < -0.3 is 5.32 Å². The third kappa shape index (κ3) is 3.84. The molecule has 0 spiro atoms. The lowest BCUT2D eigenvalue weighted by molar-refractivity contribution is -0.126. The second-order valence-corrected chi connectivity index (χ2v) is 7.46. The van der Waals surface area contributed by atoms with Crippen LogP contribution in [0, 0.1) is 0 Å². The van der Waals surface area contributed by atoms with Crippen molar-refractivity contribution in [1.29, 1.82) is 0 Å². The van der Waals surface area contributed by atoms with Gasteiger partial charge in [-0.1, -0.05) is 41.1 Å². The summed E-state index contributed by atoms with van der Waals surface area (Å²) in [6, 6.07) is 9.27. The summed E-state index contributed by atoms with van der Waals surface area (Å²) in [7, 11) is 0. The quantitative estimate of drug-likeness (QED) is 0.671. The third-order valence-corrected chi connectivity index (χ3v) is 5.75. The van der Waals surface area contributed by atoms with Gasteiger partial charge in [-0.15, -0.1) is 22.6 Å². The SMILES string of the molecule is Cl.O=C(Nc1nnc(-c2ccccc2Cl)s1)C1(n2cccn2)CCNCC1. The molecule has 1 fully saturated rings. The minimum atomic E-state index is -0.717. The summed E-state index contributed by atoms with van der Waals surface area (Å²) in [5, 5.41) is 20.5. The van der Waals surface area contributed by atoms with Gasteiger partial charge >= 0.3 is 0 Å². The van der Waals surface area contributed by atoms with Crippen molar-refractivity contribution in [3.05, 3.63) is 47.7 Å². The lowest BCUT2D eigenvalue weighted by Gasteiger charge is -2.36. The van der Waals surface area contributed by atoms with E-state index in [4.69, 9.17) is 11.6 Å². The van der Waals surface area contributed by atoms with Crippen molar-refractivity contribution >= 4 is 46.4 Å². The van der Waals surface area contributed by atoms with Gasteiger partial charge in [0.1, 0.15) is 5.54 Å². The highest BCUT2D eigenvalue weighted by molar-refractivity contribution is 7.18. The van der Waals surface area contributed by atoms with E-state index in [2.05, 4.69) is 25.9 Å². The fraction of sp³-hybridized carbons (Fsp3) is 0.294. The molecule has 2 aromatic heterocycles. The lowest BCUT2D eigenvalue weighted by Crippen LogP contribution is -2.52. The molecule has 0 radical (unpaired) electrons. The third-order valence-electron chi connectivity index (χ3n) is 4.55. The van der Waals surface area contributed by atoms with Crippen molar-refractivity contribution in [2.75, 3.05) is 18.4 Å². The number of hydrogen-bond acceptors (Lipinski definition) is 6. The minimum absolute atomic E-state index is 0. The molecule has 0 atom stereocenters. The van der Waals surface area contributed by atoms with Gasteiger partial charge in [0.15, 0.2) is 5.01 Å². The summed E-state index contributed by atoms with van der Waals surface area (Å²) in [4.78, 5) is 13.1. The highest BCUT2D eigenvalue weighted by Gasteiger charge is 2.42. The van der Waals surface area contributed by atoms with E-state index in [9.17, 15) is 4.79 Å². The summed E-state index contributed by atoms with van der Waals surface area (Å²) < 4.78 is 1.75. The Hall–Kier alpha value is -2.00. The van der Waals surface area contributed by atoms with Crippen molar-refractivity contribution in [3.8, 4) is 10.6 Å². The Morgan fingerprint density at radius 2 is 2.00 bits per heavy atom. The normalized spacial score (nSPS) is 15.7. The van der Waals surface area contributed by atoms with Crippen LogP contribution in [-0.2, 0) is 10.3 Å². The Morgan fingerprint density at radius 3 is 2.70 bits per heavy atom. The second kappa shape index (κ2) is 8.35. The van der Waals surface area contributed by atoms with E-state index in [0.717, 1.165) is 18.7 Å². The highest BCUT2D eigenvalue weighted by atomic mass is 35.5. The largest absolute Gasteiger partial charge is 0.317 e. The zero-order chi connectivity index (χ0) is 18.0. The number of nitrogens with one attached hydrogen (secondary N) is 2. The molecule has 1 saturated heterocycles. The molecule has 0 bridgehead atoms. The molecule has 1 aliphatic rings. The molecule has 4 rings (SSSR count). The molecule has 0 aliphatic carbocycles. The second-order valence-electron chi connectivity index (χ2n) is 6.08. The van der Waals surface area contributed by atoms with Gasteiger partial charge in [-0.3, -0.25) is 14.8 Å². The fourth-order valence-electron chi connectivity index (χ4n) is 3.15. The van der Waals surface area contributed by atoms with E-state index in [1.165, 1.54) is 11.3 Å². The van der Waals surface area contributed by atoms with Crippen LogP contribution < -0.4 is 10.6 Å². The number of halogens is 2. The van der Waals surface area contributed by atoms with Gasteiger partial charge in [0.2, 0.25) is 5.13 Å². The molecule has 3 aromatic rings. The van der Waals surface area contributed by atoms with Crippen LogP contribution in [0.15, 0.2) is 42.7 Å². The summed E-state index contributed by atoms with van der Waals surface area (Å²) in [6.07, 6.45) is 4.85. The first kappa shape index (κ1) is 19.8. The molecule has 7 nitrogen and oxygen atoms in total. The van der Waals surface area contributed by atoms with E-state index in [-0.39, 0.29) is 18.3 Å². The number of hydrogen-bond donors (Lipinski definition) is 2. The van der Waals surface area contributed by atoms with Crippen molar-refractivity contribution < 1.29 is 4.79 Å². The summed E-state index contributed by atoms with van der Waals surface area (Å²) in [5.74, 6) is -0.121. The smallest absolute Gasteiger partial charge is 0.254 e. The first-order valence-electron chi connectivity index (χ1n) is 8.30. The number of nitrogens with zero attached hydrogens (tertiary/aromatic N) is 4. The number of anilines is 1. The number of amides is 1. The molecule has 2 N–H and O–H groups in total. The number of rotatable bonds is 4. The van der Waals surface area contributed by atoms with E-state index in [1.807, 2.05) is 30.5 Å². The Bertz CT molecular complexity index is 908. The van der Waals surface area contributed by atoms with E-state index in [1.54, 1.807) is 16.9 Å². The Morgan fingerprint density at radius 1 is 1.22 bits per heavy atom. The summed E-state index contributed by atoms with van der Waals surface area (Å²) in [5.41, 5.74) is 0.0844. The number of carbonyl (C=O) groups excluding carboxylic acids is 1. The molecule has 10 heteroatoms. The Labute approximate surface area is 171 Å². The molecule has 0 saturated carbocycles. The van der Waals surface area contributed by atoms with Crippen LogP contribution >= 0.6 is 35.3 Å². The van der Waals surface area contributed by atoms with Gasteiger partial charge in [0.05, 0.1) is 5.02 Å². The van der Waals surface area contributed by atoms with Crippen LogP contribution in [0.25, 0.3) is 10.6 Å². The van der Waals surface area contributed by atoms with E-state index < -0.39 is 5.54 Å². The molecule has 1 amide bonds.